The molecule has 0 spiro atoms. The summed E-state index contributed by atoms with van der Waals surface area (Å²) in [7, 11) is -0.400. The monoisotopic (exact) mass is 369 g/mol. The van der Waals surface area contributed by atoms with Crippen molar-refractivity contribution in [1.82, 2.24) is 14.5 Å². The summed E-state index contributed by atoms with van der Waals surface area (Å²) in [5.74, 6) is -1.00. The van der Waals surface area contributed by atoms with Crippen molar-refractivity contribution in [2.75, 3.05) is 27.2 Å². The molecule has 8 nitrogen and oxygen atoms in total. The molecule has 0 radical (unpaired) electrons. The molecule has 2 amide bonds. The van der Waals surface area contributed by atoms with Crippen LogP contribution in [-0.4, -0.2) is 67.2 Å². The van der Waals surface area contributed by atoms with Crippen LogP contribution < -0.4 is 5.32 Å². The molecule has 1 saturated heterocycles. The van der Waals surface area contributed by atoms with Crippen molar-refractivity contribution in [2.24, 2.45) is 0 Å². The zero-order valence-electron chi connectivity index (χ0n) is 14.3. The number of nitrogens with one attached hydrogen (secondary N) is 1. The Morgan fingerprint density at radius 2 is 1.92 bits per heavy atom. The summed E-state index contributed by atoms with van der Waals surface area (Å²) in [4.78, 5) is 24.6. The fourth-order valence-corrected chi connectivity index (χ4v) is 4.15. The highest BCUT2D eigenvalue weighted by atomic mass is 32.2. The van der Waals surface area contributed by atoms with Crippen molar-refractivity contribution in [3.63, 3.8) is 0 Å². The number of rotatable bonds is 5. The van der Waals surface area contributed by atoms with E-state index in [9.17, 15) is 18.0 Å². The van der Waals surface area contributed by atoms with Crippen molar-refractivity contribution in [2.45, 2.75) is 24.6 Å². The number of piperidine rings is 1. The number of amides is 2. The smallest absolute Gasteiger partial charge is 0.335 e. The summed E-state index contributed by atoms with van der Waals surface area (Å²) in [6.07, 6.45) is 1.18. The fraction of sp³-hybridized carbons (Fsp3) is 0.500. The zero-order chi connectivity index (χ0) is 18.6. The van der Waals surface area contributed by atoms with Gasteiger partial charge in [0.05, 0.1) is 10.8 Å². The molecule has 0 saturated carbocycles. The van der Waals surface area contributed by atoms with Crippen LogP contribution in [0, 0.1) is 0 Å². The van der Waals surface area contributed by atoms with Gasteiger partial charge >= 0.3 is 12.0 Å². The summed E-state index contributed by atoms with van der Waals surface area (Å²) in [6, 6.07) is 5.91. The first-order chi connectivity index (χ1) is 11.7. The molecule has 1 unspecified atom stereocenters. The van der Waals surface area contributed by atoms with Crippen molar-refractivity contribution < 1.29 is 23.1 Å². The van der Waals surface area contributed by atoms with Crippen molar-refractivity contribution in [3.05, 3.63) is 35.4 Å². The molecular formula is C16H23N3O5S. The number of hydrogen-bond acceptors (Lipinski definition) is 4. The number of carboxylic acids is 1. The zero-order valence-corrected chi connectivity index (χ0v) is 15.1. The molecule has 138 valence electrons. The third-order valence-corrected chi connectivity index (χ3v) is 6.49. The van der Waals surface area contributed by atoms with E-state index in [1.165, 1.54) is 35.4 Å². The number of sulfonamides is 1. The molecule has 9 heteroatoms. The van der Waals surface area contributed by atoms with Gasteiger partial charge in [-0.3, -0.25) is 0 Å². The van der Waals surface area contributed by atoms with Crippen LogP contribution in [0.5, 0.6) is 0 Å². The van der Waals surface area contributed by atoms with Crippen LogP contribution in [0.1, 0.15) is 28.8 Å². The van der Waals surface area contributed by atoms with E-state index >= 15 is 0 Å². The van der Waals surface area contributed by atoms with Crippen molar-refractivity contribution in [3.8, 4) is 0 Å². The maximum Gasteiger partial charge on any atom is 0.335 e. The van der Waals surface area contributed by atoms with E-state index in [0.29, 0.717) is 19.4 Å². The largest absolute Gasteiger partial charge is 0.478 e. The van der Waals surface area contributed by atoms with E-state index in [0.717, 1.165) is 5.56 Å². The number of nitrogens with zero attached hydrogens (tertiary/aromatic N) is 2. The van der Waals surface area contributed by atoms with Gasteiger partial charge in [-0.2, -0.15) is 0 Å². The summed E-state index contributed by atoms with van der Waals surface area (Å²) in [6.45, 7) is 0.938. The van der Waals surface area contributed by atoms with Crippen LogP contribution in [0.25, 0.3) is 0 Å². The Morgan fingerprint density at radius 1 is 1.28 bits per heavy atom. The van der Waals surface area contributed by atoms with Gasteiger partial charge in [0.15, 0.2) is 0 Å². The van der Waals surface area contributed by atoms with E-state index in [2.05, 4.69) is 5.32 Å². The first-order valence-corrected chi connectivity index (χ1v) is 9.48. The molecule has 2 N–H and O–H groups in total. The standard InChI is InChI=1S/C16H23N3O5S/c1-18(2)25(23,24)14-4-3-9-19(11-14)16(22)17-10-12-5-7-13(8-6-12)15(20)21/h5-8,14H,3-4,9-11H2,1-2H3,(H,17,22)(H,20,21). The Labute approximate surface area is 147 Å². The summed E-state index contributed by atoms with van der Waals surface area (Å²) in [5.41, 5.74) is 0.954. The van der Waals surface area contributed by atoms with Gasteiger partial charge in [-0.05, 0) is 30.5 Å². The molecule has 1 aliphatic rings. The highest BCUT2D eigenvalue weighted by Gasteiger charge is 2.33. The molecule has 1 heterocycles. The van der Waals surface area contributed by atoms with Crippen LogP contribution in [0.4, 0.5) is 4.79 Å². The Balaban J connectivity index is 1.93. The Morgan fingerprint density at radius 3 is 2.48 bits per heavy atom. The van der Waals surface area contributed by atoms with Gasteiger partial charge in [-0.1, -0.05) is 12.1 Å². The third-order valence-electron chi connectivity index (χ3n) is 4.24. The molecule has 1 aliphatic heterocycles. The van der Waals surface area contributed by atoms with Gasteiger partial charge < -0.3 is 15.3 Å². The molecule has 1 fully saturated rings. The minimum Gasteiger partial charge on any atom is -0.478 e. The molecule has 0 aromatic heterocycles. The maximum atomic E-state index is 12.3. The normalized spacial score (nSPS) is 18.2. The lowest BCUT2D eigenvalue weighted by molar-refractivity contribution is 0.0696. The highest BCUT2D eigenvalue weighted by molar-refractivity contribution is 7.89. The van der Waals surface area contributed by atoms with Crippen LogP contribution in [0.15, 0.2) is 24.3 Å². The van der Waals surface area contributed by atoms with E-state index in [1.54, 1.807) is 12.1 Å². The average molecular weight is 369 g/mol. The molecule has 0 bridgehead atoms. The molecule has 1 aromatic rings. The van der Waals surface area contributed by atoms with Crippen LogP contribution >= 0.6 is 0 Å². The van der Waals surface area contributed by atoms with E-state index < -0.39 is 21.2 Å². The number of hydrogen-bond donors (Lipinski definition) is 2. The van der Waals surface area contributed by atoms with Gasteiger partial charge in [-0.15, -0.1) is 0 Å². The molecule has 0 aliphatic carbocycles. The fourth-order valence-electron chi connectivity index (χ4n) is 2.72. The Kier molecular flexibility index (Phi) is 6.02. The lowest BCUT2D eigenvalue weighted by Crippen LogP contribution is -2.50. The molecule has 1 atom stereocenters. The molecule has 25 heavy (non-hydrogen) atoms. The molecular weight excluding hydrogens is 346 g/mol. The lowest BCUT2D eigenvalue weighted by atomic mass is 10.1. The number of aromatic carboxylic acids is 1. The number of benzene rings is 1. The number of likely N-dealkylation sites (tertiary alicyclic amines) is 1. The number of urea groups is 1. The van der Waals surface area contributed by atoms with E-state index in [-0.39, 0.29) is 24.7 Å². The predicted molar refractivity (Wildman–Crippen MR) is 92.8 cm³/mol. The van der Waals surface area contributed by atoms with Crippen LogP contribution in [-0.2, 0) is 16.6 Å². The topological polar surface area (TPSA) is 107 Å². The Hall–Kier alpha value is -2.13. The van der Waals surface area contributed by atoms with Gasteiger partial charge in [-0.25, -0.2) is 22.3 Å². The van der Waals surface area contributed by atoms with Gasteiger partial charge in [0, 0.05) is 33.7 Å². The quantitative estimate of drug-likeness (QED) is 0.804. The van der Waals surface area contributed by atoms with E-state index in [1.807, 2.05) is 0 Å². The van der Waals surface area contributed by atoms with Gasteiger partial charge in [0.1, 0.15) is 0 Å². The van der Waals surface area contributed by atoms with Crippen LogP contribution in [0.3, 0.4) is 0 Å². The summed E-state index contributed by atoms with van der Waals surface area (Å²) < 4.78 is 25.7. The highest BCUT2D eigenvalue weighted by Crippen LogP contribution is 2.19. The average Bonchev–Trinajstić information content (AvgIpc) is 2.60. The molecule has 1 aromatic carbocycles. The first-order valence-electron chi connectivity index (χ1n) is 7.98. The van der Waals surface area contributed by atoms with Gasteiger partial charge in [0.25, 0.3) is 0 Å². The predicted octanol–water partition coefficient (Wildman–Crippen LogP) is 0.950. The Bertz CT molecular complexity index is 731. The minimum atomic E-state index is -3.39. The first kappa shape index (κ1) is 19.2. The second-order valence-electron chi connectivity index (χ2n) is 6.20. The summed E-state index contributed by atoms with van der Waals surface area (Å²) in [5, 5.41) is 11.0. The SMILES string of the molecule is CN(C)S(=O)(=O)C1CCCN(C(=O)NCc2ccc(C(=O)O)cc2)C1. The lowest BCUT2D eigenvalue weighted by Gasteiger charge is -2.33. The maximum absolute atomic E-state index is 12.3. The second kappa shape index (κ2) is 7.83. The second-order valence-corrected chi connectivity index (χ2v) is 8.63. The van der Waals surface area contributed by atoms with Gasteiger partial charge in [0.2, 0.25) is 10.0 Å². The minimum absolute atomic E-state index is 0.171. The van der Waals surface area contributed by atoms with Crippen molar-refractivity contribution >= 4 is 22.0 Å². The number of carbonyl (C=O) groups is 2. The summed E-state index contributed by atoms with van der Waals surface area (Å²) >= 11 is 0. The third kappa shape index (κ3) is 4.70. The van der Waals surface area contributed by atoms with Crippen LogP contribution in [0.2, 0.25) is 0 Å². The number of carbonyl (C=O) groups excluding carboxylic acids is 1. The van der Waals surface area contributed by atoms with Crippen molar-refractivity contribution in [1.29, 1.82) is 0 Å². The number of carboxylic acid groups (broad SMARTS) is 1. The van der Waals surface area contributed by atoms with E-state index in [4.69, 9.17) is 5.11 Å². The molecule has 2 rings (SSSR count).